The number of hydrogen-bond acceptors (Lipinski definition) is 0. The molecule has 0 saturated carbocycles. The molecule has 0 heteroatoms. The first kappa shape index (κ1) is 9.55. The predicted octanol–water partition coefficient (Wildman–Crippen LogP) is 3.42. The minimum Gasteiger partial charge on any atom is -0.115 e. The predicted molar refractivity (Wildman–Crippen MR) is 65.2 cm³/mol. The quantitative estimate of drug-likeness (QED) is 0.630. The van der Waals surface area contributed by atoms with Crippen LogP contribution < -0.4 is 0 Å². The Morgan fingerprint density at radius 2 is 2.00 bits per heavy atom. The zero-order valence-corrected chi connectivity index (χ0v) is 8.43. The Balaban J connectivity index is 2.13. The van der Waals surface area contributed by atoms with Gasteiger partial charge in [-0.15, -0.1) is 6.42 Å². The van der Waals surface area contributed by atoms with Crippen LogP contribution in [-0.4, -0.2) is 0 Å². The third kappa shape index (κ3) is 2.48. The number of rotatable bonds is 2. The van der Waals surface area contributed by atoms with E-state index in [9.17, 15) is 0 Å². The molecule has 0 saturated heterocycles. The normalized spacial score (nSPS) is 14.9. The monoisotopic (exact) mass is 192 g/mol. The van der Waals surface area contributed by atoms with Crippen molar-refractivity contribution < 1.29 is 0 Å². The first-order valence-corrected chi connectivity index (χ1v) is 4.98. The fraction of sp³-hybridized carbons (Fsp3) is 0.0667. The van der Waals surface area contributed by atoms with Gasteiger partial charge < -0.3 is 0 Å². The first-order valence-electron chi connectivity index (χ1n) is 4.98. The fourth-order valence-corrected chi connectivity index (χ4v) is 1.53. The van der Waals surface area contributed by atoms with Gasteiger partial charge in [-0.05, 0) is 17.7 Å². The number of benzene rings is 1. The van der Waals surface area contributed by atoms with E-state index in [4.69, 9.17) is 6.42 Å². The SMILES string of the molecule is C#Cc1cccc(/C=C\C2C=CC=C2)c1. The van der Waals surface area contributed by atoms with E-state index in [0.29, 0.717) is 5.92 Å². The molecule has 0 heterocycles. The van der Waals surface area contributed by atoms with E-state index < -0.39 is 0 Å². The van der Waals surface area contributed by atoms with Crippen LogP contribution in [-0.2, 0) is 0 Å². The van der Waals surface area contributed by atoms with E-state index in [0.717, 1.165) is 11.1 Å². The molecule has 0 aliphatic heterocycles. The topological polar surface area (TPSA) is 0 Å². The summed E-state index contributed by atoms with van der Waals surface area (Å²) in [6.45, 7) is 0. The van der Waals surface area contributed by atoms with Crippen LogP contribution in [0.4, 0.5) is 0 Å². The largest absolute Gasteiger partial charge is 0.115 e. The maximum Gasteiger partial charge on any atom is 0.0248 e. The summed E-state index contributed by atoms with van der Waals surface area (Å²) in [6.07, 6.45) is 18.0. The van der Waals surface area contributed by atoms with Crippen molar-refractivity contribution in [2.75, 3.05) is 0 Å². The van der Waals surface area contributed by atoms with E-state index in [1.807, 2.05) is 18.2 Å². The highest BCUT2D eigenvalue weighted by Gasteiger charge is 1.97. The van der Waals surface area contributed by atoms with Crippen molar-refractivity contribution in [1.82, 2.24) is 0 Å². The molecule has 2 rings (SSSR count). The molecule has 0 fully saturated rings. The van der Waals surface area contributed by atoms with E-state index in [-0.39, 0.29) is 0 Å². The first-order chi connectivity index (χ1) is 7.38. The van der Waals surface area contributed by atoms with Gasteiger partial charge in [-0.25, -0.2) is 0 Å². The number of hydrogen-bond donors (Lipinski definition) is 0. The Morgan fingerprint density at radius 3 is 2.73 bits per heavy atom. The van der Waals surface area contributed by atoms with Crippen LogP contribution in [0, 0.1) is 18.3 Å². The zero-order valence-electron chi connectivity index (χ0n) is 8.43. The van der Waals surface area contributed by atoms with Crippen molar-refractivity contribution in [2.24, 2.45) is 5.92 Å². The van der Waals surface area contributed by atoms with Gasteiger partial charge in [0.05, 0.1) is 0 Å². The van der Waals surface area contributed by atoms with E-state index >= 15 is 0 Å². The van der Waals surface area contributed by atoms with Crippen LogP contribution >= 0.6 is 0 Å². The summed E-state index contributed by atoms with van der Waals surface area (Å²) in [5.41, 5.74) is 2.08. The second-order valence-electron chi connectivity index (χ2n) is 3.48. The maximum atomic E-state index is 5.34. The van der Waals surface area contributed by atoms with Crippen molar-refractivity contribution in [2.45, 2.75) is 0 Å². The summed E-state index contributed by atoms with van der Waals surface area (Å²) in [5, 5.41) is 0. The molecule has 1 aromatic rings. The van der Waals surface area contributed by atoms with Crippen molar-refractivity contribution in [3.05, 3.63) is 65.8 Å². The molecule has 0 bridgehead atoms. The molecule has 1 aromatic carbocycles. The Morgan fingerprint density at radius 1 is 1.20 bits per heavy atom. The van der Waals surface area contributed by atoms with Crippen LogP contribution in [0.25, 0.3) is 6.08 Å². The van der Waals surface area contributed by atoms with Crippen molar-refractivity contribution in [3.8, 4) is 12.3 Å². The summed E-state index contributed by atoms with van der Waals surface area (Å²) in [4.78, 5) is 0. The summed E-state index contributed by atoms with van der Waals surface area (Å²) in [6, 6.07) is 7.99. The molecule has 15 heavy (non-hydrogen) atoms. The molecular weight excluding hydrogens is 180 g/mol. The van der Waals surface area contributed by atoms with Gasteiger partial charge in [0, 0.05) is 11.5 Å². The van der Waals surface area contributed by atoms with E-state index in [1.54, 1.807) is 0 Å². The zero-order chi connectivity index (χ0) is 10.5. The fourth-order valence-electron chi connectivity index (χ4n) is 1.53. The van der Waals surface area contributed by atoms with Gasteiger partial charge in [-0.1, -0.05) is 54.5 Å². The van der Waals surface area contributed by atoms with Crippen LogP contribution in [0.2, 0.25) is 0 Å². The molecule has 0 aromatic heterocycles. The smallest absolute Gasteiger partial charge is 0.0248 e. The summed E-state index contributed by atoms with van der Waals surface area (Å²) in [5.74, 6) is 3.06. The van der Waals surface area contributed by atoms with Crippen molar-refractivity contribution >= 4 is 6.08 Å². The third-order valence-electron chi connectivity index (χ3n) is 2.34. The van der Waals surface area contributed by atoms with Crippen molar-refractivity contribution in [3.63, 3.8) is 0 Å². The lowest BCUT2D eigenvalue weighted by Gasteiger charge is -1.97. The Labute approximate surface area is 90.6 Å². The molecule has 0 amide bonds. The van der Waals surface area contributed by atoms with Crippen molar-refractivity contribution in [1.29, 1.82) is 0 Å². The second kappa shape index (κ2) is 4.48. The summed E-state index contributed by atoms with van der Waals surface area (Å²) >= 11 is 0. The average Bonchev–Trinajstić information content (AvgIpc) is 2.79. The van der Waals surface area contributed by atoms with Gasteiger partial charge >= 0.3 is 0 Å². The molecule has 0 N–H and O–H groups in total. The van der Waals surface area contributed by atoms with Gasteiger partial charge in [-0.3, -0.25) is 0 Å². The summed E-state index contributed by atoms with van der Waals surface area (Å²) in [7, 11) is 0. The standard InChI is InChI=1S/C15H12/c1-2-13-8-5-9-15(12-13)11-10-14-6-3-4-7-14/h1,3-12,14H/b11-10-. The Kier molecular flexibility index (Phi) is 2.85. The minimum absolute atomic E-state index is 0.430. The van der Waals surface area contributed by atoms with Gasteiger partial charge in [0.1, 0.15) is 0 Å². The number of terminal acetylenes is 1. The second-order valence-corrected chi connectivity index (χ2v) is 3.48. The lowest BCUT2D eigenvalue weighted by atomic mass is 10.1. The highest BCUT2D eigenvalue weighted by atomic mass is 14.0. The third-order valence-corrected chi connectivity index (χ3v) is 2.34. The molecule has 72 valence electrons. The Hall–Kier alpha value is -2.00. The summed E-state index contributed by atoms with van der Waals surface area (Å²) < 4.78 is 0. The molecule has 1 aliphatic rings. The van der Waals surface area contributed by atoms with Gasteiger partial charge in [0.15, 0.2) is 0 Å². The van der Waals surface area contributed by atoms with Crippen LogP contribution in [0.5, 0.6) is 0 Å². The molecule has 0 unspecified atom stereocenters. The molecule has 0 radical (unpaired) electrons. The van der Waals surface area contributed by atoms with Crippen LogP contribution in [0.15, 0.2) is 54.6 Å². The van der Waals surface area contributed by atoms with Crippen LogP contribution in [0.1, 0.15) is 11.1 Å². The van der Waals surface area contributed by atoms with E-state index in [1.165, 1.54) is 0 Å². The minimum atomic E-state index is 0.430. The highest BCUT2D eigenvalue weighted by Crippen LogP contribution is 2.13. The maximum absolute atomic E-state index is 5.34. The van der Waals surface area contributed by atoms with Gasteiger partial charge in [0.25, 0.3) is 0 Å². The highest BCUT2D eigenvalue weighted by molar-refractivity contribution is 5.53. The van der Waals surface area contributed by atoms with Gasteiger partial charge in [-0.2, -0.15) is 0 Å². The Bertz CT molecular complexity index is 455. The van der Waals surface area contributed by atoms with Gasteiger partial charge in [0.2, 0.25) is 0 Å². The average molecular weight is 192 g/mol. The van der Waals surface area contributed by atoms with E-state index in [2.05, 4.69) is 48.4 Å². The molecule has 0 atom stereocenters. The molecule has 1 aliphatic carbocycles. The molecule has 0 spiro atoms. The lowest BCUT2D eigenvalue weighted by Crippen LogP contribution is -1.81. The lowest BCUT2D eigenvalue weighted by molar-refractivity contribution is 1.10. The molecular formula is C15H12. The van der Waals surface area contributed by atoms with Crippen LogP contribution in [0.3, 0.4) is 0 Å². The molecule has 0 nitrogen and oxygen atoms in total. The number of allylic oxidation sites excluding steroid dienone is 5.